The smallest absolute Gasteiger partial charge is 0.282 e. The maximum Gasteiger partial charge on any atom is 0.282 e. The van der Waals surface area contributed by atoms with E-state index in [-0.39, 0.29) is 22.7 Å². The Hall–Kier alpha value is -3.69. The van der Waals surface area contributed by atoms with Crippen molar-refractivity contribution >= 4 is 23.3 Å². The average Bonchev–Trinajstić information content (AvgIpc) is 2.61. The molecule has 2 aromatic carbocycles. The van der Waals surface area contributed by atoms with Crippen molar-refractivity contribution in [3.63, 3.8) is 0 Å². The van der Waals surface area contributed by atoms with Gasteiger partial charge in [0.05, 0.1) is 47.6 Å². The lowest BCUT2D eigenvalue weighted by molar-refractivity contribution is -0.385. The van der Waals surface area contributed by atoms with Gasteiger partial charge in [-0.25, -0.2) is 0 Å². The molecule has 2 aromatic rings. The number of nitro groups is 2. The van der Waals surface area contributed by atoms with E-state index in [1.165, 1.54) is 50.8 Å². The Morgan fingerprint density at radius 1 is 1.04 bits per heavy atom. The Kier molecular flexibility index (Phi) is 5.46. The van der Waals surface area contributed by atoms with E-state index in [0.717, 1.165) is 0 Å². The third-order valence-corrected chi connectivity index (χ3v) is 3.18. The molecule has 0 amide bonds. The molecule has 0 atom stereocenters. The molecule has 0 aliphatic heterocycles. The van der Waals surface area contributed by atoms with E-state index < -0.39 is 9.85 Å². The van der Waals surface area contributed by atoms with Gasteiger partial charge < -0.3 is 9.47 Å². The molecule has 2 rings (SSSR count). The van der Waals surface area contributed by atoms with Crippen molar-refractivity contribution in [3.8, 4) is 11.5 Å². The zero-order chi connectivity index (χ0) is 18.4. The maximum absolute atomic E-state index is 11.2. The van der Waals surface area contributed by atoms with Gasteiger partial charge in [-0.2, -0.15) is 5.10 Å². The van der Waals surface area contributed by atoms with Crippen molar-refractivity contribution in [1.29, 1.82) is 0 Å². The number of ether oxygens (including phenoxy) is 2. The van der Waals surface area contributed by atoms with E-state index in [1.807, 2.05) is 0 Å². The molecule has 0 aliphatic rings. The first-order chi connectivity index (χ1) is 12.0. The summed E-state index contributed by atoms with van der Waals surface area (Å²) >= 11 is 0. The van der Waals surface area contributed by atoms with Gasteiger partial charge in [-0.05, 0) is 12.1 Å². The summed E-state index contributed by atoms with van der Waals surface area (Å²) in [5, 5.41) is 25.8. The predicted octanol–water partition coefficient (Wildman–Crippen LogP) is 2.97. The Morgan fingerprint density at radius 3 is 2.32 bits per heavy atom. The van der Waals surface area contributed by atoms with Gasteiger partial charge >= 0.3 is 0 Å². The second-order valence-electron chi connectivity index (χ2n) is 4.70. The van der Waals surface area contributed by atoms with Crippen molar-refractivity contribution in [2.75, 3.05) is 19.6 Å². The number of methoxy groups -OCH3 is 2. The number of rotatable bonds is 7. The summed E-state index contributed by atoms with van der Waals surface area (Å²) in [6.45, 7) is 0. The van der Waals surface area contributed by atoms with Crippen LogP contribution in [0.15, 0.2) is 41.5 Å². The molecule has 0 saturated carbocycles. The zero-order valence-corrected chi connectivity index (χ0v) is 13.3. The molecule has 0 heterocycles. The lowest BCUT2D eigenvalue weighted by Gasteiger charge is -2.08. The van der Waals surface area contributed by atoms with Crippen molar-refractivity contribution in [1.82, 2.24) is 0 Å². The molecular weight excluding hydrogens is 332 g/mol. The molecule has 0 bridgehead atoms. The van der Waals surface area contributed by atoms with Crippen LogP contribution in [0.5, 0.6) is 11.5 Å². The summed E-state index contributed by atoms with van der Waals surface area (Å²) in [4.78, 5) is 20.8. The Bertz CT molecular complexity index is 837. The van der Waals surface area contributed by atoms with Gasteiger partial charge in [0, 0.05) is 12.1 Å². The van der Waals surface area contributed by atoms with Crippen molar-refractivity contribution in [3.05, 3.63) is 62.2 Å². The van der Waals surface area contributed by atoms with Crippen LogP contribution < -0.4 is 14.9 Å². The number of nitrogens with one attached hydrogen (secondary N) is 1. The third-order valence-electron chi connectivity index (χ3n) is 3.18. The van der Waals surface area contributed by atoms with Gasteiger partial charge in [-0.3, -0.25) is 25.7 Å². The molecule has 0 aromatic heterocycles. The maximum atomic E-state index is 11.2. The molecule has 0 aliphatic carbocycles. The van der Waals surface area contributed by atoms with E-state index >= 15 is 0 Å². The number of nitro benzene ring substituents is 2. The highest BCUT2D eigenvalue weighted by atomic mass is 16.6. The summed E-state index contributed by atoms with van der Waals surface area (Å²) in [5.74, 6) is 0.530. The first-order valence-electron chi connectivity index (χ1n) is 6.90. The van der Waals surface area contributed by atoms with Crippen LogP contribution in [0.4, 0.5) is 17.1 Å². The average molecular weight is 346 g/mol. The van der Waals surface area contributed by atoms with Crippen LogP contribution in [-0.4, -0.2) is 30.3 Å². The summed E-state index contributed by atoms with van der Waals surface area (Å²) in [6.07, 6.45) is 1.22. The highest BCUT2D eigenvalue weighted by Crippen LogP contribution is 2.33. The van der Waals surface area contributed by atoms with Gasteiger partial charge in [0.1, 0.15) is 0 Å². The van der Waals surface area contributed by atoms with Gasteiger partial charge in [0.25, 0.3) is 11.4 Å². The molecule has 130 valence electrons. The van der Waals surface area contributed by atoms with Crippen molar-refractivity contribution < 1.29 is 19.3 Å². The number of hydrogen-bond donors (Lipinski definition) is 1. The molecule has 0 spiro atoms. The molecule has 1 N–H and O–H groups in total. The summed E-state index contributed by atoms with van der Waals surface area (Å²) in [7, 11) is 2.78. The number of non-ortho nitro benzene ring substituents is 1. The van der Waals surface area contributed by atoms with Gasteiger partial charge in [0.15, 0.2) is 11.5 Å². The summed E-state index contributed by atoms with van der Waals surface area (Å²) < 4.78 is 10.2. The number of hydrogen-bond acceptors (Lipinski definition) is 8. The minimum atomic E-state index is -0.573. The fourth-order valence-corrected chi connectivity index (χ4v) is 2.01. The van der Waals surface area contributed by atoms with Crippen LogP contribution in [0.3, 0.4) is 0 Å². The second-order valence-corrected chi connectivity index (χ2v) is 4.70. The normalized spacial score (nSPS) is 10.5. The molecule has 10 heteroatoms. The first-order valence-corrected chi connectivity index (χ1v) is 6.90. The molecule has 0 unspecified atom stereocenters. The summed E-state index contributed by atoms with van der Waals surface area (Å²) in [5.41, 5.74) is 2.82. The predicted molar refractivity (Wildman–Crippen MR) is 90.5 cm³/mol. The highest BCUT2D eigenvalue weighted by molar-refractivity contribution is 5.87. The van der Waals surface area contributed by atoms with Gasteiger partial charge in [-0.1, -0.05) is 6.07 Å². The lowest BCUT2D eigenvalue weighted by atomic mass is 10.1. The van der Waals surface area contributed by atoms with E-state index in [0.29, 0.717) is 11.4 Å². The van der Waals surface area contributed by atoms with Crippen LogP contribution in [0.25, 0.3) is 0 Å². The number of anilines is 1. The monoisotopic (exact) mass is 346 g/mol. The molecular formula is C15H14N4O6. The molecule has 0 saturated heterocycles. The van der Waals surface area contributed by atoms with E-state index in [2.05, 4.69) is 10.5 Å². The number of hydrazone groups is 1. The highest BCUT2D eigenvalue weighted by Gasteiger charge is 2.18. The van der Waals surface area contributed by atoms with Crippen LogP contribution in [-0.2, 0) is 0 Å². The molecule has 0 radical (unpaired) electrons. The third kappa shape index (κ3) is 4.19. The molecule has 0 fully saturated rings. The Balaban J connectivity index is 2.29. The second kappa shape index (κ2) is 7.73. The minimum Gasteiger partial charge on any atom is -0.493 e. The van der Waals surface area contributed by atoms with Crippen LogP contribution in [0.1, 0.15) is 5.56 Å². The van der Waals surface area contributed by atoms with Crippen molar-refractivity contribution in [2.24, 2.45) is 5.10 Å². The standard InChI is InChI=1S/C15H14N4O6/c1-24-14-6-10(13(19(22)23)8-15(14)25-2)9-16-17-11-4-3-5-12(7-11)18(20)21/h3-9,17H,1-2H3/b16-9-. The molecule has 10 nitrogen and oxygen atoms in total. The number of benzene rings is 2. The lowest BCUT2D eigenvalue weighted by Crippen LogP contribution is -2.00. The Labute approximate surface area is 142 Å². The van der Waals surface area contributed by atoms with Gasteiger partial charge in [0.2, 0.25) is 0 Å². The largest absolute Gasteiger partial charge is 0.493 e. The van der Waals surface area contributed by atoms with Crippen LogP contribution >= 0.6 is 0 Å². The molecule has 25 heavy (non-hydrogen) atoms. The SMILES string of the molecule is COc1cc(/C=N\Nc2cccc([N+](=O)[O-])c2)c([N+](=O)[O-])cc1OC. The van der Waals surface area contributed by atoms with Gasteiger partial charge in [-0.15, -0.1) is 0 Å². The zero-order valence-electron chi connectivity index (χ0n) is 13.3. The fraction of sp³-hybridized carbons (Fsp3) is 0.133. The minimum absolute atomic E-state index is 0.0997. The first kappa shape index (κ1) is 17.7. The van der Waals surface area contributed by atoms with E-state index in [4.69, 9.17) is 9.47 Å². The number of nitrogens with zero attached hydrogens (tertiary/aromatic N) is 3. The summed E-state index contributed by atoms with van der Waals surface area (Å²) in [6, 6.07) is 8.35. The topological polar surface area (TPSA) is 129 Å². The van der Waals surface area contributed by atoms with Crippen LogP contribution in [0.2, 0.25) is 0 Å². The van der Waals surface area contributed by atoms with Crippen molar-refractivity contribution in [2.45, 2.75) is 0 Å². The van der Waals surface area contributed by atoms with E-state index in [9.17, 15) is 20.2 Å². The Morgan fingerprint density at radius 2 is 1.72 bits per heavy atom. The fourth-order valence-electron chi connectivity index (χ4n) is 2.01. The quantitative estimate of drug-likeness (QED) is 0.463. The van der Waals surface area contributed by atoms with E-state index in [1.54, 1.807) is 6.07 Å². The van der Waals surface area contributed by atoms with Crippen LogP contribution in [0, 0.1) is 20.2 Å².